The quantitative estimate of drug-likeness (QED) is 0.506. The minimum atomic E-state index is -1.51. The van der Waals surface area contributed by atoms with Crippen molar-refractivity contribution in [3.8, 4) is 0 Å². The molecule has 0 unspecified atom stereocenters. The summed E-state index contributed by atoms with van der Waals surface area (Å²) in [5, 5.41) is 10.2. The molecule has 1 N–H and O–H groups in total. The maximum Gasteiger partial charge on any atom is 0.309 e. The van der Waals surface area contributed by atoms with Crippen LogP contribution in [0.2, 0.25) is 0 Å². The first-order chi connectivity index (χ1) is 16.1. The molecule has 1 aromatic carbocycles. The van der Waals surface area contributed by atoms with Gasteiger partial charge >= 0.3 is 5.97 Å². The number of rotatable bonds is 7. The van der Waals surface area contributed by atoms with E-state index in [1.54, 1.807) is 24.9 Å². The first-order valence-corrected chi connectivity index (χ1v) is 11.2. The molecular formula is C25H26F3N3O3. The summed E-state index contributed by atoms with van der Waals surface area (Å²) in [6, 6.07) is 5.67. The number of halogens is 3. The van der Waals surface area contributed by atoms with Gasteiger partial charge in [-0.1, -0.05) is 0 Å². The van der Waals surface area contributed by atoms with Crippen molar-refractivity contribution in [1.29, 1.82) is 0 Å². The van der Waals surface area contributed by atoms with Crippen molar-refractivity contribution in [2.75, 3.05) is 6.54 Å². The van der Waals surface area contributed by atoms with Gasteiger partial charge in [0.25, 0.3) is 0 Å². The third kappa shape index (κ3) is 4.51. The molecule has 1 aliphatic rings. The maximum atomic E-state index is 13.8. The van der Waals surface area contributed by atoms with Crippen LogP contribution in [0.25, 0.3) is 11.0 Å². The molecule has 0 radical (unpaired) electrons. The second kappa shape index (κ2) is 9.12. The van der Waals surface area contributed by atoms with Crippen LogP contribution in [0, 0.1) is 22.9 Å². The summed E-state index contributed by atoms with van der Waals surface area (Å²) < 4.78 is 42.9. The van der Waals surface area contributed by atoms with Gasteiger partial charge < -0.3 is 14.6 Å². The first kappa shape index (κ1) is 23.8. The number of hydrogen-bond donors (Lipinski definition) is 1. The predicted molar refractivity (Wildman–Crippen MR) is 120 cm³/mol. The zero-order valence-electron chi connectivity index (χ0n) is 19.1. The molecule has 1 amide bonds. The zero-order chi connectivity index (χ0) is 24.6. The lowest BCUT2D eigenvalue weighted by Gasteiger charge is -2.29. The van der Waals surface area contributed by atoms with Crippen LogP contribution >= 0.6 is 0 Å². The van der Waals surface area contributed by atoms with Crippen molar-refractivity contribution in [2.45, 2.75) is 52.6 Å². The second-order valence-electron chi connectivity index (χ2n) is 9.37. The fourth-order valence-corrected chi connectivity index (χ4v) is 4.47. The Balaban J connectivity index is 1.58. The highest BCUT2D eigenvalue weighted by Gasteiger charge is 2.29. The highest BCUT2D eigenvalue weighted by atomic mass is 19.2. The van der Waals surface area contributed by atoms with Gasteiger partial charge in [-0.15, -0.1) is 0 Å². The largest absolute Gasteiger partial charge is 0.481 e. The maximum absolute atomic E-state index is 13.8. The van der Waals surface area contributed by atoms with E-state index in [9.17, 15) is 27.9 Å². The number of carbonyl (C=O) groups is 2. The molecule has 0 fully saturated rings. The van der Waals surface area contributed by atoms with E-state index in [2.05, 4.69) is 4.98 Å². The molecule has 1 aliphatic heterocycles. The summed E-state index contributed by atoms with van der Waals surface area (Å²) >= 11 is 0. The molecule has 3 heterocycles. The molecule has 0 saturated carbocycles. The molecule has 0 atom stereocenters. The number of hydrogen-bond acceptors (Lipinski definition) is 3. The van der Waals surface area contributed by atoms with E-state index in [1.165, 1.54) is 0 Å². The van der Waals surface area contributed by atoms with Gasteiger partial charge in [0, 0.05) is 36.8 Å². The van der Waals surface area contributed by atoms with Crippen molar-refractivity contribution >= 4 is 22.9 Å². The lowest BCUT2D eigenvalue weighted by atomic mass is 9.87. The van der Waals surface area contributed by atoms with E-state index in [-0.39, 0.29) is 24.4 Å². The van der Waals surface area contributed by atoms with Crippen molar-refractivity contribution in [1.82, 2.24) is 14.5 Å². The minimum absolute atomic E-state index is 0.0736. The average Bonchev–Trinajstić information content (AvgIpc) is 3.10. The molecular weight excluding hydrogens is 447 g/mol. The van der Waals surface area contributed by atoms with Gasteiger partial charge in [-0.25, -0.2) is 18.2 Å². The summed E-state index contributed by atoms with van der Waals surface area (Å²) in [6.45, 7) is 4.17. The summed E-state index contributed by atoms with van der Waals surface area (Å²) in [4.78, 5) is 30.4. The van der Waals surface area contributed by atoms with Gasteiger partial charge in [0.15, 0.2) is 17.5 Å². The number of carboxylic acid groups (broad SMARTS) is 1. The lowest BCUT2D eigenvalue weighted by Crippen LogP contribution is -2.36. The summed E-state index contributed by atoms with van der Waals surface area (Å²) in [5.41, 5.74) is 1.84. The fraction of sp³-hybridized carbons (Fsp3) is 0.400. The van der Waals surface area contributed by atoms with E-state index in [4.69, 9.17) is 0 Å². The standard InChI is InChI=1S/C25H26F3N3O3/c1-25(2,24(33)34)8-3-6-21(32)30-10-7-16-17-5-4-9-29-23(17)31(20(16)14-30)13-15-11-18(26)22(28)19(27)12-15/h4-5,9,11-12H,3,6-8,10,13-14H2,1-2H3,(H,33,34). The van der Waals surface area contributed by atoms with Crippen LogP contribution in [0.4, 0.5) is 13.2 Å². The predicted octanol–water partition coefficient (Wildman–Crippen LogP) is 4.67. The molecule has 4 rings (SSSR count). The Morgan fingerprint density at radius 1 is 1.18 bits per heavy atom. The summed E-state index contributed by atoms with van der Waals surface area (Å²) in [5.74, 6) is -4.99. The SMILES string of the molecule is CC(C)(CCCC(=O)N1CCc2c(n(Cc3cc(F)c(F)c(F)c3)c3ncccc23)C1)C(=O)O. The number of amides is 1. The molecule has 6 nitrogen and oxygen atoms in total. The Morgan fingerprint density at radius 2 is 1.88 bits per heavy atom. The number of pyridine rings is 1. The van der Waals surface area contributed by atoms with Crippen LogP contribution in [-0.4, -0.2) is 38.0 Å². The lowest BCUT2D eigenvalue weighted by molar-refractivity contribution is -0.147. The smallest absolute Gasteiger partial charge is 0.309 e. The molecule has 9 heteroatoms. The van der Waals surface area contributed by atoms with Crippen LogP contribution < -0.4 is 0 Å². The zero-order valence-corrected chi connectivity index (χ0v) is 19.1. The molecule has 0 spiro atoms. The second-order valence-corrected chi connectivity index (χ2v) is 9.37. The van der Waals surface area contributed by atoms with Gasteiger partial charge in [0.2, 0.25) is 5.91 Å². The highest BCUT2D eigenvalue weighted by Crippen LogP contribution is 2.31. The van der Waals surface area contributed by atoms with Crippen molar-refractivity contribution < 1.29 is 27.9 Å². The Kier molecular flexibility index (Phi) is 6.38. The van der Waals surface area contributed by atoms with Crippen molar-refractivity contribution in [3.05, 3.63) is 64.7 Å². The number of fused-ring (bicyclic) bond motifs is 3. The molecule has 2 aromatic heterocycles. The molecule has 0 bridgehead atoms. The van der Waals surface area contributed by atoms with E-state index >= 15 is 0 Å². The minimum Gasteiger partial charge on any atom is -0.481 e. The van der Waals surface area contributed by atoms with Crippen LogP contribution in [0.1, 0.15) is 49.9 Å². The van der Waals surface area contributed by atoms with Gasteiger partial charge in [-0.05, 0) is 68.5 Å². The van der Waals surface area contributed by atoms with Crippen molar-refractivity contribution in [3.63, 3.8) is 0 Å². The Hall–Kier alpha value is -3.36. The average molecular weight is 473 g/mol. The third-order valence-corrected chi connectivity index (χ3v) is 6.52. The molecule has 180 valence electrons. The first-order valence-electron chi connectivity index (χ1n) is 11.2. The number of carbonyl (C=O) groups excluding carboxylic acids is 1. The van der Waals surface area contributed by atoms with Crippen molar-refractivity contribution in [2.24, 2.45) is 5.41 Å². The summed E-state index contributed by atoms with van der Waals surface area (Å²) in [7, 11) is 0. The normalized spacial score (nSPS) is 13.9. The Labute approximate surface area is 195 Å². The number of aromatic nitrogens is 2. The monoisotopic (exact) mass is 473 g/mol. The number of nitrogens with zero attached hydrogens (tertiary/aromatic N) is 3. The topological polar surface area (TPSA) is 75.4 Å². The molecule has 3 aromatic rings. The van der Waals surface area contributed by atoms with Crippen LogP contribution in [0.15, 0.2) is 30.5 Å². The van der Waals surface area contributed by atoms with E-state index < -0.39 is 28.8 Å². The molecule has 0 aliphatic carbocycles. The van der Waals surface area contributed by atoms with Gasteiger partial charge in [-0.2, -0.15) is 0 Å². The Morgan fingerprint density at radius 3 is 2.56 bits per heavy atom. The van der Waals surface area contributed by atoms with Crippen LogP contribution in [-0.2, 0) is 29.1 Å². The van der Waals surface area contributed by atoms with Gasteiger partial charge in [-0.3, -0.25) is 9.59 Å². The summed E-state index contributed by atoms with van der Waals surface area (Å²) in [6.07, 6.45) is 3.31. The van der Waals surface area contributed by atoms with Crippen LogP contribution in [0.3, 0.4) is 0 Å². The number of carboxylic acids is 1. The van der Waals surface area contributed by atoms with Gasteiger partial charge in [0.05, 0.1) is 12.0 Å². The van der Waals surface area contributed by atoms with E-state index in [0.717, 1.165) is 28.8 Å². The number of benzene rings is 1. The van der Waals surface area contributed by atoms with E-state index in [1.807, 2.05) is 16.7 Å². The molecule has 34 heavy (non-hydrogen) atoms. The highest BCUT2D eigenvalue weighted by molar-refractivity contribution is 5.84. The third-order valence-electron chi connectivity index (χ3n) is 6.52. The van der Waals surface area contributed by atoms with Gasteiger partial charge in [0.1, 0.15) is 5.65 Å². The fourth-order valence-electron chi connectivity index (χ4n) is 4.47. The van der Waals surface area contributed by atoms with E-state index in [0.29, 0.717) is 38.0 Å². The molecule has 0 saturated heterocycles. The van der Waals surface area contributed by atoms with Crippen LogP contribution in [0.5, 0.6) is 0 Å². The Bertz CT molecular complexity index is 1250. The number of aliphatic carboxylic acids is 1.